The van der Waals surface area contributed by atoms with Gasteiger partial charge in [0.2, 0.25) is 5.91 Å². The molecule has 1 N–H and O–H groups in total. The predicted octanol–water partition coefficient (Wildman–Crippen LogP) is 5.16. The van der Waals surface area contributed by atoms with E-state index in [4.69, 9.17) is 37.1 Å². The van der Waals surface area contributed by atoms with Crippen molar-refractivity contribution in [3.63, 3.8) is 0 Å². The molecule has 0 bridgehead atoms. The van der Waals surface area contributed by atoms with Gasteiger partial charge in [0.25, 0.3) is 0 Å². The second-order valence-corrected chi connectivity index (χ2v) is 7.26. The molecular weight excluding hydrogens is 443 g/mol. The first-order chi connectivity index (χ1) is 14.9. The van der Waals surface area contributed by atoms with Crippen LogP contribution in [0.1, 0.15) is 19.2 Å². The van der Waals surface area contributed by atoms with Crippen molar-refractivity contribution in [2.24, 2.45) is 0 Å². The standard InChI is InChI=1S/C22H20Cl2N2O5/c1-2-29-22(28)13-30-16-5-3-4-15(11-16)26-20(27)8-9-21-25-12-19(31-21)17-7-6-14(23)10-18(17)24/h3-7,10-12H,2,8-9,13H2,1H3,(H,26,27). The molecule has 1 heterocycles. The van der Waals surface area contributed by atoms with Gasteiger partial charge in [0.1, 0.15) is 5.75 Å². The summed E-state index contributed by atoms with van der Waals surface area (Å²) in [7, 11) is 0. The first-order valence-electron chi connectivity index (χ1n) is 9.53. The second-order valence-electron chi connectivity index (χ2n) is 6.41. The van der Waals surface area contributed by atoms with Crippen LogP contribution >= 0.6 is 23.2 Å². The molecule has 0 aliphatic carbocycles. The number of nitrogens with one attached hydrogen (secondary N) is 1. The SMILES string of the molecule is CCOC(=O)COc1cccc(NC(=O)CCc2ncc(-c3ccc(Cl)cc3Cl)o2)c1. The zero-order chi connectivity index (χ0) is 22.2. The molecule has 31 heavy (non-hydrogen) atoms. The molecule has 0 unspecified atom stereocenters. The number of hydrogen-bond donors (Lipinski definition) is 1. The van der Waals surface area contributed by atoms with Crippen molar-refractivity contribution in [2.75, 3.05) is 18.5 Å². The molecule has 0 spiro atoms. The first kappa shape index (κ1) is 22.7. The van der Waals surface area contributed by atoms with E-state index in [-0.39, 0.29) is 25.5 Å². The van der Waals surface area contributed by atoms with Gasteiger partial charge >= 0.3 is 5.97 Å². The van der Waals surface area contributed by atoms with E-state index in [9.17, 15) is 9.59 Å². The molecule has 3 aromatic rings. The van der Waals surface area contributed by atoms with Gasteiger partial charge in [-0.15, -0.1) is 0 Å². The largest absolute Gasteiger partial charge is 0.482 e. The number of rotatable bonds is 9. The summed E-state index contributed by atoms with van der Waals surface area (Å²) in [6.07, 6.45) is 2.05. The highest BCUT2D eigenvalue weighted by Gasteiger charge is 2.12. The topological polar surface area (TPSA) is 90.7 Å². The Morgan fingerprint density at radius 3 is 2.77 bits per heavy atom. The van der Waals surface area contributed by atoms with Crippen LogP contribution in [-0.2, 0) is 20.7 Å². The number of amides is 1. The van der Waals surface area contributed by atoms with Crippen LogP contribution in [0.3, 0.4) is 0 Å². The van der Waals surface area contributed by atoms with Gasteiger partial charge in [-0.3, -0.25) is 4.79 Å². The van der Waals surface area contributed by atoms with E-state index in [0.717, 1.165) is 0 Å². The smallest absolute Gasteiger partial charge is 0.344 e. The number of aryl methyl sites for hydroxylation is 1. The number of halogens is 2. The summed E-state index contributed by atoms with van der Waals surface area (Å²) < 4.78 is 15.9. The van der Waals surface area contributed by atoms with Crippen LogP contribution in [0.15, 0.2) is 53.1 Å². The van der Waals surface area contributed by atoms with Crippen LogP contribution in [0.25, 0.3) is 11.3 Å². The number of nitrogens with zero attached hydrogens (tertiary/aromatic N) is 1. The van der Waals surface area contributed by atoms with Gasteiger partial charge in [0.05, 0.1) is 17.8 Å². The lowest BCUT2D eigenvalue weighted by Crippen LogP contribution is -2.15. The van der Waals surface area contributed by atoms with Crippen molar-refractivity contribution in [2.45, 2.75) is 19.8 Å². The van der Waals surface area contributed by atoms with E-state index in [1.54, 1.807) is 55.6 Å². The van der Waals surface area contributed by atoms with E-state index < -0.39 is 5.97 Å². The summed E-state index contributed by atoms with van der Waals surface area (Å²) in [6.45, 7) is 1.81. The number of oxazole rings is 1. The van der Waals surface area contributed by atoms with Gasteiger partial charge in [-0.25, -0.2) is 9.78 Å². The summed E-state index contributed by atoms with van der Waals surface area (Å²) in [5, 5.41) is 3.76. The Bertz CT molecular complexity index is 1070. The highest BCUT2D eigenvalue weighted by Crippen LogP contribution is 2.30. The van der Waals surface area contributed by atoms with Crippen molar-refractivity contribution in [3.05, 3.63) is 64.6 Å². The second kappa shape index (κ2) is 10.8. The van der Waals surface area contributed by atoms with E-state index in [2.05, 4.69) is 10.3 Å². The Balaban J connectivity index is 1.52. The lowest BCUT2D eigenvalue weighted by molar-refractivity contribution is -0.145. The van der Waals surface area contributed by atoms with Crippen LogP contribution in [0, 0.1) is 0 Å². The van der Waals surface area contributed by atoms with E-state index >= 15 is 0 Å². The Morgan fingerprint density at radius 2 is 2.00 bits per heavy atom. The number of carbonyl (C=O) groups is 2. The molecule has 0 saturated carbocycles. The zero-order valence-corrected chi connectivity index (χ0v) is 18.2. The fourth-order valence-electron chi connectivity index (χ4n) is 2.69. The average Bonchev–Trinajstić information content (AvgIpc) is 3.20. The molecule has 0 aliphatic rings. The minimum absolute atomic E-state index is 0.169. The molecule has 1 aromatic heterocycles. The van der Waals surface area contributed by atoms with Crippen molar-refractivity contribution < 1.29 is 23.5 Å². The summed E-state index contributed by atoms with van der Waals surface area (Å²) in [5.74, 6) is 0.697. The third-order valence-corrected chi connectivity index (χ3v) is 4.64. The number of carbonyl (C=O) groups excluding carboxylic acids is 2. The number of anilines is 1. The Kier molecular flexibility index (Phi) is 7.92. The van der Waals surface area contributed by atoms with Crippen molar-refractivity contribution in [1.82, 2.24) is 4.98 Å². The molecule has 0 radical (unpaired) electrons. The first-order valence-corrected chi connectivity index (χ1v) is 10.3. The Hall–Kier alpha value is -3.03. The molecule has 7 nitrogen and oxygen atoms in total. The van der Waals surface area contributed by atoms with Gasteiger partial charge in [-0.1, -0.05) is 29.3 Å². The number of benzene rings is 2. The molecule has 0 saturated heterocycles. The van der Waals surface area contributed by atoms with Crippen LogP contribution in [0.5, 0.6) is 5.75 Å². The van der Waals surface area contributed by atoms with Crippen molar-refractivity contribution >= 4 is 40.8 Å². The average molecular weight is 463 g/mol. The van der Waals surface area contributed by atoms with Crippen LogP contribution in [0.4, 0.5) is 5.69 Å². The molecule has 0 fully saturated rings. The normalized spacial score (nSPS) is 10.5. The molecule has 0 aliphatic heterocycles. The fourth-order valence-corrected chi connectivity index (χ4v) is 3.19. The minimum Gasteiger partial charge on any atom is -0.482 e. The van der Waals surface area contributed by atoms with E-state index in [1.807, 2.05) is 0 Å². The molecule has 2 aromatic carbocycles. The number of aromatic nitrogens is 1. The van der Waals surface area contributed by atoms with Gasteiger partial charge in [-0.05, 0) is 37.3 Å². The van der Waals surface area contributed by atoms with Gasteiger partial charge < -0.3 is 19.2 Å². The Morgan fingerprint density at radius 1 is 1.16 bits per heavy atom. The lowest BCUT2D eigenvalue weighted by Gasteiger charge is -2.08. The van der Waals surface area contributed by atoms with E-state index in [1.165, 1.54) is 0 Å². The summed E-state index contributed by atoms with van der Waals surface area (Å²) in [4.78, 5) is 27.9. The minimum atomic E-state index is -0.456. The third kappa shape index (κ3) is 6.73. The molecule has 0 atom stereocenters. The third-order valence-electron chi connectivity index (χ3n) is 4.10. The number of hydrogen-bond acceptors (Lipinski definition) is 6. The van der Waals surface area contributed by atoms with Crippen molar-refractivity contribution in [3.8, 4) is 17.1 Å². The Labute approximate surface area is 189 Å². The summed E-state index contributed by atoms with van der Waals surface area (Å²) >= 11 is 12.1. The summed E-state index contributed by atoms with van der Waals surface area (Å²) in [5.41, 5.74) is 1.22. The predicted molar refractivity (Wildman–Crippen MR) is 117 cm³/mol. The maximum Gasteiger partial charge on any atom is 0.344 e. The summed E-state index contributed by atoms with van der Waals surface area (Å²) in [6, 6.07) is 11.8. The molecule has 162 valence electrons. The monoisotopic (exact) mass is 462 g/mol. The quantitative estimate of drug-likeness (QED) is 0.441. The molecular formula is C22H20Cl2N2O5. The van der Waals surface area contributed by atoms with Crippen LogP contribution < -0.4 is 10.1 Å². The van der Waals surface area contributed by atoms with Crippen LogP contribution in [-0.4, -0.2) is 30.1 Å². The molecule has 1 amide bonds. The number of ether oxygens (including phenoxy) is 2. The van der Waals surface area contributed by atoms with Crippen LogP contribution in [0.2, 0.25) is 10.0 Å². The molecule has 3 rings (SSSR count). The fraction of sp³-hybridized carbons (Fsp3) is 0.227. The van der Waals surface area contributed by atoms with Gasteiger partial charge in [0.15, 0.2) is 18.3 Å². The van der Waals surface area contributed by atoms with Crippen molar-refractivity contribution in [1.29, 1.82) is 0 Å². The maximum absolute atomic E-state index is 12.3. The van der Waals surface area contributed by atoms with E-state index in [0.29, 0.717) is 45.1 Å². The molecule has 9 heteroatoms. The highest BCUT2D eigenvalue weighted by molar-refractivity contribution is 6.36. The highest BCUT2D eigenvalue weighted by atomic mass is 35.5. The zero-order valence-electron chi connectivity index (χ0n) is 16.7. The van der Waals surface area contributed by atoms with Gasteiger partial charge in [-0.2, -0.15) is 0 Å². The number of esters is 1. The lowest BCUT2D eigenvalue weighted by atomic mass is 10.2. The maximum atomic E-state index is 12.3. The van der Waals surface area contributed by atoms with Gasteiger partial charge in [0, 0.05) is 35.2 Å².